The van der Waals surface area contributed by atoms with Gasteiger partial charge < -0.3 is 5.11 Å². The third kappa shape index (κ3) is 0.734. The van der Waals surface area contributed by atoms with Crippen LogP contribution in [0.3, 0.4) is 0 Å². The molecule has 0 aliphatic heterocycles. The summed E-state index contributed by atoms with van der Waals surface area (Å²) >= 11 is 0. The highest BCUT2D eigenvalue weighted by atomic mass is 16.3. The van der Waals surface area contributed by atoms with E-state index < -0.39 is 0 Å². The first-order valence-corrected chi connectivity index (χ1v) is 4.14. The highest BCUT2D eigenvalue weighted by Crippen LogP contribution is 2.47. The van der Waals surface area contributed by atoms with E-state index in [4.69, 9.17) is 0 Å². The molecule has 2 bridgehead atoms. The predicted molar refractivity (Wildman–Crippen MR) is 40.6 cm³/mol. The summed E-state index contributed by atoms with van der Waals surface area (Å²) in [4.78, 5) is 0. The summed E-state index contributed by atoms with van der Waals surface area (Å²) in [6.07, 6.45) is 5.75. The Kier molecular flexibility index (Phi) is 1.34. The number of aliphatic hydroxyl groups excluding tert-OH is 1. The summed E-state index contributed by atoms with van der Waals surface area (Å²) in [6, 6.07) is 0. The van der Waals surface area contributed by atoms with E-state index >= 15 is 0 Å². The van der Waals surface area contributed by atoms with Gasteiger partial charge >= 0.3 is 0 Å². The predicted octanol–water partition coefficient (Wildman–Crippen LogP) is 1.72. The average Bonchev–Trinajstić information content (AvgIpc) is 2.44. The van der Waals surface area contributed by atoms with Gasteiger partial charge in [0.05, 0.1) is 6.10 Å². The van der Waals surface area contributed by atoms with Crippen molar-refractivity contribution in [2.45, 2.75) is 32.3 Å². The minimum atomic E-state index is -0.00931. The maximum atomic E-state index is 9.48. The molecule has 0 spiro atoms. The highest BCUT2D eigenvalue weighted by Gasteiger charge is 2.41. The van der Waals surface area contributed by atoms with E-state index in [9.17, 15) is 5.11 Å². The normalized spacial score (nSPS) is 49.0. The van der Waals surface area contributed by atoms with Crippen molar-refractivity contribution in [1.29, 1.82) is 0 Å². The molecule has 0 aromatic carbocycles. The van der Waals surface area contributed by atoms with Gasteiger partial charge in [0.25, 0.3) is 0 Å². The van der Waals surface area contributed by atoms with E-state index in [0.29, 0.717) is 5.92 Å². The van der Waals surface area contributed by atoms with E-state index in [1.165, 1.54) is 18.4 Å². The fourth-order valence-corrected chi connectivity index (χ4v) is 2.50. The van der Waals surface area contributed by atoms with Crippen LogP contribution < -0.4 is 0 Å². The van der Waals surface area contributed by atoms with Crippen LogP contribution in [0.25, 0.3) is 0 Å². The highest BCUT2D eigenvalue weighted by molar-refractivity contribution is 5.18. The van der Waals surface area contributed by atoms with Crippen LogP contribution in [0.15, 0.2) is 11.6 Å². The lowest BCUT2D eigenvalue weighted by molar-refractivity contribution is 0.135. The van der Waals surface area contributed by atoms with Gasteiger partial charge in [0.15, 0.2) is 0 Å². The molecule has 0 radical (unpaired) electrons. The molecule has 0 saturated heterocycles. The monoisotopic (exact) mass is 138 g/mol. The van der Waals surface area contributed by atoms with Crippen LogP contribution in [0.2, 0.25) is 0 Å². The van der Waals surface area contributed by atoms with Crippen molar-refractivity contribution in [2.75, 3.05) is 0 Å². The number of hydrogen-bond donors (Lipinski definition) is 1. The number of aliphatic hydroxyl groups is 1. The standard InChI is InChI=1S/C9H14O/c1-2-7-3-6-4-8(7)9(10)5-6/h2,6,8-10H,3-5H2,1H3. The van der Waals surface area contributed by atoms with Crippen molar-refractivity contribution in [2.24, 2.45) is 11.8 Å². The van der Waals surface area contributed by atoms with Gasteiger partial charge in [-0.15, -0.1) is 0 Å². The number of hydrogen-bond acceptors (Lipinski definition) is 1. The molecule has 1 N–H and O–H groups in total. The van der Waals surface area contributed by atoms with Gasteiger partial charge in [-0.2, -0.15) is 0 Å². The molecule has 0 aromatic heterocycles. The summed E-state index contributed by atoms with van der Waals surface area (Å²) < 4.78 is 0. The minimum absolute atomic E-state index is 0.00931. The third-order valence-corrected chi connectivity index (χ3v) is 3.00. The Bertz CT molecular complexity index is 172. The van der Waals surface area contributed by atoms with Gasteiger partial charge in [-0.05, 0) is 32.1 Å². The number of rotatable bonds is 0. The first kappa shape index (κ1) is 6.41. The Balaban J connectivity index is 2.20. The lowest BCUT2D eigenvalue weighted by Gasteiger charge is -2.18. The summed E-state index contributed by atoms with van der Waals surface area (Å²) in [7, 11) is 0. The second kappa shape index (κ2) is 2.09. The zero-order chi connectivity index (χ0) is 7.14. The molecule has 3 atom stereocenters. The van der Waals surface area contributed by atoms with Crippen molar-refractivity contribution >= 4 is 0 Å². The quantitative estimate of drug-likeness (QED) is 0.505. The van der Waals surface area contributed by atoms with Crippen molar-refractivity contribution < 1.29 is 5.11 Å². The molecule has 10 heavy (non-hydrogen) atoms. The van der Waals surface area contributed by atoms with Gasteiger partial charge in [0, 0.05) is 5.92 Å². The SMILES string of the molecule is CC=C1CC2CC(O)C1C2. The second-order valence-corrected chi connectivity index (χ2v) is 3.58. The topological polar surface area (TPSA) is 20.2 Å². The summed E-state index contributed by atoms with van der Waals surface area (Å²) in [6.45, 7) is 2.09. The fourth-order valence-electron chi connectivity index (χ4n) is 2.50. The maximum absolute atomic E-state index is 9.48. The zero-order valence-corrected chi connectivity index (χ0v) is 6.38. The lowest BCUT2D eigenvalue weighted by Crippen LogP contribution is -2.17. The summed E-state index contributed by atoms with van der Waals surface area (Å²) in [5, 5.41) is 9.48. The molecule has 2 fully saturated rings. The summed E-state index contributed by atoms with van der Waals surface area (Å²) in [5.41, 5.74) is 1.50. The van der Waals surface area contributed by atoms with Crippen LogP contribution in [-0.2, 0) is 0 Å². The fraction of sp³-hybridized carbons (Fsp3) is 0.778. The van der Waals surface area contributed by atoms with E-state index in [1.54, 1.807) is 0 Å². The Morgan fingerprint density at radius 2 is 2.30 bits per heavy atom. The molecule has 2 saturated carbocycles. The van der Waals surface area contributed by atoms with E-state index in [2.05, 4.69) is 13.0 Å². The molecule has 0 aromatic rings. The average molecular weight is 138 g/mol. The zero-order valence-electron chi connectivity index (χ0n) is 6.38. The molecule has 2 rings (SSSR count). The van der Waals surface area contributed by atoms with Crippen molar-refractivity contribution in [1.82, 2.24) is 0 Å². The second-order valence-electron chi connectivity index (χ2n) is 3.58. The van der Waals surface area contributed by atoms with Gasteiger partial charge in [0.2, 0.25) is 0 Å². The first-order chi connectivity index (χ1) is 4.81. The van der Waals surface area contributed by atoms with Crippen molar-refractivity contribution in [3.05, 3.63) is 11.6 Å². The van der Waals surface area contributed by atoms with E-state index in [-0.39, 0.29) is 6.10 Å². The van der Waals surface area contributed by atoms with E-state index in [0.717, 1.165) is 12.3 Å². The molecule has 56 valence electrons. The van der Waals surface area contributed by atoms with Crippen LogP contribution in [0.5, 0.6) is 0 Å². The molecule has 0 amide bonds. The molecule has 2 aliphatic rings. The smallest absolute Gasteiger partial charge is 0.0608 e. The number of fused-ring (bicyclic) bond motifs is 2. The first-order valence-electron chi connectivity index (χ1n) is 4.14. The van der Waals surface area contributed by atoms with Crippen LogP contribution in [0.4, 0.5) is 0 Å². The van der Waals surface area contributed by atoms with Gasteiger partial charge in [-0.25, -0.2) is 0 Å². The molecule has 0 heterocycles. The third-order valence-electron chi connectivity index (χ3n) is 3.00. The van der Waals surface area contributed by atoms with Crippen LogP contribution in [0.1, 0.15) is 26.2 Å². The Labute approximate surface area is 61.8 Å². The Morgan fingerprint density at radius 3 is 2.70 bits per heavy atom. The lowest BCUT2D eigenvalue weighted by atomic mass is 9.92. The van der Waals surface area contributed by atoms with Gasteiger partial charge in [-0.1, -0.05) is 11.6 Å². The number of allylic oxidation sites excluding steroid dienone is 1. The van der Waals surface area contributed by atoms with Crippen LogP contribution in [0, 0.1) is 11.8 Å². The van der Waals surface area contributed by atoms with E-state index in [1.807, 2.05) is 0 Å². The summed E-state index contributed by atoms with van der Waals surface area (Å²) in [5.74, 6) is 1.35. The molecule has 1 heteroatoms. The Hall–Kier alpha value is -0.300. The molecule has 3 unspecified atom stereocenters. The van der Waals surface area contributed by atoms with Crippen molar-refractivity contribution in [3.63, 3.8) is 0 Å². The van der Waals surface area contributed by atoms with Crippen LogP contribution >= 0.6 is 0 Å². The maximum Gasteiger partial charge on any atom is 0.0608 e. The molecule has 2 aliphatic carbocycles. The van der Waals surface area contributed by atoms with Gasteiger partial charge in [0.1, 0.15) is 0 Å². The van der Waals surface area contributed by atoms with Crippen molar-refractivity contribution in [3.8, 4) is 0 Å². The van der Waals surface area contributed by atoms with Crippen LogP contribution in [-0.4, -0.2) is 11.2 Å². The largest absolute Gasteiger partial charge is 0.392 e. The minimum Gasteiger partial charge on any atom is -0.392 e. The molecule has 1 nitrogen and oxygen atoms in total. The van der Waals surface area contributed by atoms with Gasteiger partial charge in [-0.3, -0.25) is 0 Å². The Morgan fingerprint density at radius 1 is 1.50 bits per heavy atom. The molecular weight excluding hydrogens is 124 g/mol. The molecular formula is C9H14O.